The second-order valence-corrected chi connectivity index (χ2v) is 8.25. The molecule has 0 amide bonds. The monoisotopic (exact) mass is 376 g/mol. The highest BCUT2D eigenvalue weighted by Crippen LogP contribution is 2.31. The van der Waals surface area contributed by atoms with Crippen molar-refractivity contribution in [1.82, 2.24) is 4.57 Å². The fourth-order valence-corrected chi connectivity index (χ4v) is 4.11. The van der Waals surface area contributed by atoms with E-state index >= 15 is 0 Å². The van der Waals surface area contributed by atoms with Crippen LogP contribution in [0.3, 0.4) is 0 Å². The normalized spacial score (nSPS) is 13.5. The van der Waals surface area contributed by atoms with Crippen LogP contribution in [0.15, 0.2) is 36.5 Å². The van der Waals surface area contributed by atoms with Crippen molar-refractivity contribution in [2.75, 3.05) is 23.2 Å². The number of rotatable bonds is 6. The van der Waals surface area contributed by atoms with Crippen molar-refractivity contribution in [2.45, 2.75) is 13.3 Å². The summed E-state index contributed by atoms with van der Waals surface area (Å²) in [6.45, 7) is 1.62. The number of hydrogen-bond acceptors (Lipinski definition) is 5. The minimum Gasteiger partial charge on any atom is -0.453 e. The van der Waals surface area contributed by atoms with E-state index in [1.807, 2.05) is 0 Å². The molecule has 7 nitrogen and oxygen atoms in total. The number of benzene rings is 1. The van der Waals surface area contributed by atoms with Gasteiger partial charge in [-0.3, -0.25) is 9.10 Å². The molecule has 138 valence electrons. The lowest BCUT2D eigenvalue weighted by Crippen LogP contribution is -2.30. The SMILES string of the molecule is CCS(=O)(=O)N1CCc2cc(C(=O)COC(=O)c3cccn3C)ccc21. The molecule has 26 heavy (non-hydrogen) atoms. The Morgan fingerprint density at radius 2 is 2.00 bits per heavy atom. The van der Waals surface area contributed by atoms with E-state index in [9.17, 15) is 18.0 Å². The first-order chi connectivity index (χ1) is 12.3. The number of esters is 1. The second kappa shape index (κ2) is 6.95. The van der Waals surface area contributed by atoms with Crippen LogP contribution in [0.5, 0.6) is 0 Å². The van der Waals surface area contributed by atoms with Crippen LogP contribution in [0.2, 0.25) is 0 Å². The predicted octanol–water partition coefficient (Wildman–Crippen LogP) is 1.78. The Balaban J connectivity index is 1.70. The molecule has 1 aliphatic rings. The number of ketones is 1. The molecule has 0 bridgehead atoms. The van der Waals surface area contributed by atoms with Crippen molar-refractivity contribution in [2.24, 2.45) is 7.05 Å². The van der Waals surface area contributed by atoms with Crippen LogP contribution in [0.4, 0.5) is 5.69 Å². The summed E-state index contributed by atoms with van der Waals surface area (Å²) in [7, 11) is -1.60. The van der Waals surface area contributed by atoms with Crippen LogP contribution < -0.4 is 4.31 Å². The number of ether oxygens (including phenoxy) is 1. The molecule has 0 spiro atoms. The van der Waals surface area contributed by atoms with Gasteiger partial charge in [0.15, 0.2) is 12.4 Å². The number of anilines is 1. The average Bonchev–Trinajstić information content (AvgIpc) is 3.25. The summed E-state index contributed by atoms with van der Waals surface area (Å²) < 4.78 is 32.3. The van der Waals surface area contributed by atoms with E-state index in [1.165, 1.54) is 4.31 Å². The van der Waals surface area contributed by atoms with Gasteiger partial charge < -0.3 is 9.30 Å². The highest BCUT2D eigenvalue weighted by atomic mass is 32.2. The summed E-state index contributed by atoms with van der Waals surface area (Å²) in [5.41, 5.74) is 2.19. The average molecular weight is 376 g/mol. The maximum absolute atomic E-state index is 12.3. The first-order valence-electron chi connectivity index (χ1n) is 8.28. The fourth-order valence-electron chi connectivity index (χ4n) is 2.95. The lowest BCUT2D eigenvalue weighted by molar-refractivity contribution is 0.0465. The molecule has 1 aromatic carbocycles. The smallest absolute Gasteiger partial charge is 0.355 e. The third-order valence-corrected chi connectivity index (χ3v) is 6.22. The number of carbonyl (C=O) groups excluding carboxylic acids is 2. The topological polar surface area (TPSA) is 85.7 Å². The van der Waals surface area contributed by atoms with Crippen LogP contribution in [0, 0.1) is 0 Å². The van der Waals surface area contributed by atoms with Gasteiger partial charge in [0.2, 0.25) is 10.0 Å². The Labute approximate surface area is 152 Å². The fraction of sp³-hybridized carbons (Fsp3) is 0.333. The third kappa shape index (κ3) is 3.37. The van der Waals surface area contributed by atoms with Gasteiger partial charge in [-0.2, -0.15) is 0 Å². The molecule has 2 aromatic rings. The molecule has 8 heteroatoms. The van der Waals surface area contributed by atoms with Crippen molar-refractivity contribution < 1.29 is 22.7 Å². The van der Waals surface area contributed by atoms with E-state index < -0.39 is 16.0 Å². The summed E-state index contributed by atoms with van der Waals surface area (Å²) in [6.07, 6.45) is 2.27. The van der Waals surface area contributed by atoms with E-state index in [1.54, 1.807) is 55.1 Å². The van der Waals surface area contributed by atoms with Gasteiger partial charge in [-0.25, -0.2) is 13.2 Å². The minimum atomic E-state index is -3.32. The van der Waals surface area contributed by atoms with Gasteiger partial charge in [-0.1, -0.05) is 0 Å². The number of aromatic nitrogens is 1. The van der Waals surface area contributed by atoms with E-state index in [-0.39, 0.29) is 18.1 Å². The molecule has 1 aromatic heterocycles. The van der Waals surface area contributed by atoms with Gasteiger partial charge in [-0.05, 0) is 49.2 Å². The zero-order valence-electron chi connectivity index (χ0n) is 14.6. The van der Waals surface area contributed by atoms with Gasteiger partial charge >= 0.3 is 5.97 Å². The summed E-state index contributed by atoms with van der Waals surface area (Å²) in [5, 5.41) is 0. The maximum Gasteiger partial charge on any atom is 0.355 e. The predicted molar refractivity (Wildman–Crippen MR) is 97.0 cm³/mol. The zero-order chi connectivity index (χ0) is 18.9. The lowest BCUT2D eigenvalue weighted by atomic mass is 10.1. The van der Waals surface area contributed by atoms with E-state index in [2.05, 4.69) is 0 Å². The molecule has 0 atom stereocenters. The molecule has 0 N–H and O–H groups in total. The van der Waals surface area contributed by atoms with Crippen LogP contribution in [-0.4, -0.2) is 43.6 Å². The standard InChI is InChI=1S/C18H20N2O5S/c1-3-26(23,24)20-10-8-13-11-14(6-7-15(13)20)17(21)12-25-18(22)16-5-4-9-19(16)2/h4-7,9,11H,3,8,10,12H2,1-2H3. The van der Waals surface area contributed by atoms with Crippen LogP contribution in [0.1, 0.15) is 33.3 Å². The minimum absolute atomic E-state index is 0.0300. The Kier molecular flexibility index (Phi) is 4.86. The molecule has 0 unspecified atom stereocenters. The zero-order valence-corrected chi connectivity index (χ0v) is 15.5. The van der Waals surface area contributed by atoms with Crippen LogP contribution in [-0.2, 0) is 28.2 Å². The Hall–Kier alpha value is -2.61. The van der Waals surface area contributed by atoms with Crippen molar-refractivity contribution in [3.63, 3.8) is 0 Å². The molecule has 3 rings (SSSR count). The molecule has 0 saturated heterocycles. The second-order valence-electron chi connectivity index (χ2n) is 6.07. The van der Waals surface area contributed by atoms with Gasteiger partial charge in [0.1, 0.15) is 5.69 Å². The van der Waals surface area contributed by atoms with E-state index in [0.717, 1.165) is 5.56 Å². The van der Waals surface area contributed by atoms with Gasteiger partial charge in [-0.15, -0.1) is 0 Å². The highest BCUT2D eigenvalue weighted by molar-refractivity contribution is 7.92. The number of sulfonamides is 1. The molecular formula is C18H20N2O5S. The largest absolute Gasteiger partial charge is 0.453 e. The lowest BCUT2D eigenvalue weighted by Gasteiger charge is -2.18. The number of hydrogen-bond donors (Lipinski definition) is 0. The first kappa shape index (κ1) is 18.2. The van der Waals surface area contributed by atoms with E-state index in [0.29, 0.717) is 29.9 Å². The maximum atomic E-state index is 12.3. The first-order valence-corrected chi connectivity index (χ1v) is 9.89. The molecule has 0 aliphatic carbocycles. The summed E-state index contributed by atoms with van der Waals surface area (Å²) in [6, 6.07) is 8.22. The van der Waals surface area contributed by atoms with Crippen LogP contribution in [0.25, 0.3) is 0 Å². The number of fused-ring (bicyclic) bond motifs is 1. The van der Waals surface area contributed by atoms with E-state index in [4.69, 9.17) is 4.74 Å². The third-order valence-electron chi connectivity index (χ3n) is 4.44. The number of Topliss-reactive ketones (excluding diaryl/α,β-unsaturated/α-hetero) is 1. The van der Waals surface area contributed by atoms with Gasteiger partial charge in [0.25, 0.3) is 0 Å². The molecule has 0 radical (unpaired) electrons. The van der Waals surface area contributed by atoms with Crippen molar-refractivity contribution in [1.29, 1.82) is 0 Å². The molecule has 0 fully saturated rings. The number of aryl methyl sites for hydroxylation is 1. The molecule has 1 aliphatic heterocycles. The van der Waals surface area contributed by atoms with Crippen LogP contribution >= 0.6 is 0 Å². The quantitative estimate of drug-likeness (QED) is 0.567. The molecule has 2 heterocycles. The molecule has 0 saturated carbocycles. The van der Waals surface area contributed by atoms with Crippen molar-refractivity contribution in [3.8, 4) is 0 Å². The van der Waals surface area contributed by atoms with Gasteiger partial charge in [0.05, 0.1) is 11.4 Å². The summed E-state index contributed by atoms with van der Waals surface area (Å²) in [5.74, 6) is -0.859. The highest BCUT2D eigenvalue weighted by Gasteiger charge is 2.28. The Bertz CT molecular complexity index is 962. The Morgan fingerprint density at radius 3 is 2.65 bits per heavy atom. The van der Waals surface area contributed by atoms with Crippen molar-refractivity contribution in [3.05, 3.63) is 53.3 Å². The summed E-state index contributed by atoms with van der Waals surface area (Å²) >= 11 is 0. The van der Waals surface area contributed by atoms with Gasteiger partial charge in [0, 0.05) is 25.4 Å². The number of nitrogens with zero attached hydrogens (tertiary/aromatic N) is 2. The molecular weight excluding hydrogens is 356 g/mol. The summed E-state index contributed by atoms with van der Waals surface area (Å²) in [4.78, 5) is 24.3. The Morgan fingerprint density at radius 1 is 1.23 bits per heavy atom. The van der Waals surface area contributed by atoms with Crippen molar-refractivity contribution >= 4 is 27.5 Å². The number of carbonyl (C=O) groups is 2.